The lowest BCUT2D eigenvalue weighted by molar-refractivity contribution is -0.141. The maximum absolute atomic E-state index is 12.2. The Kier molecular flexibility index (Phi) is 4.41. The second-order valence-electron chi connectivity index (χ2n) is 3.17. The molecule has 1 heterocycles. The summed E-state index contributed by atoms with van der Waals surface area (Å²) in [6.45, 7) is -2.46. The molecule has 0 atom stereocenters. The monoisotopic (exact) mass is 271 g/mol. The number of hydrogen-bond donors (Lipinski definition) is 1. The van der Waals surface area contributed by atoms with Gasteiger partial charge < -0.3 is 14.4 Å². The molecule has 1 amide bonds. The van der Waals surface area contributed by atoms with Crippen LogP contribution in [0.5, 0.6) is 0 Å². The van der Waals surface area contributed by atoms with Gasteiger partial charge in [-0.15, -0.1) is 0 Å². The number of carbonyl (C=O) groups excluding carboxylic acids is 1. The minimum atomic E-state index is -4.54. The summed E-state index contributed by atoms with van der Waals surface area (Å²) in [6, 6.07) is 2.42. The van der Waals surface area contributed by atoms with E-state index < -0.39 is 31.8 Å². The van der Waals surface area contributed by atoms with Crippen molar-refractivity contribution < 1.29 is 27.5 Å². The predicted molar refractivity (Wildman–Crippen MR) is 52.8 cm³/mol. The van der Waals surface area contributed by atoms with Gasteiger partial charge in [-0.1, -0.05) is 0 Å². The molecule has 4 nitrogen and oxygen atoms in total. The smallest absolute Gasteiger partial charge is 0.406 e. The quantitative estimate of drug-likeness (QED) is 0.910. The second-order valence-corrected chi connectivity index (χ2v) is 3.54. The third-order valence-corrected chi connectivity index (χ3v) is 2.01. The fraction of sp³-hybridized carbons (Fsp3) is 0.444. The van der Waals surface area contributed by atoms with E-state index in [-0.39, 0.29) is 11.0 Å². The van der Waals surface area contributed by atoms with Crippen molar-refractivity contribution in [2.45, 2.75) is 6.18 Å². The highest BCUT2D eigenvalue weighted by atomic mass is 35.5. The van der Waals surface area contributed by atoms with Crippen LogP contribution in [-0.4, -0.2) is 41.8 Å². The van der Waals surface area contributed by atoms with Gasteiger partial charge in [0.2, 0.25) is 0 Å². The Balaban J connectivity index is 2.80. The molecule has 0 aliphatic heterocycles. The number of alkyl halides is 3. The normalized spacial score (nSPS) is 11.6. The van der Waals surface area contributed by atoms with Crippen molar-refractivity contribution in [1.82, 2.24) is 4.90 Å². The average Bonchev–Trinajstić information content (AvgIpc) is 2.61. The number of amides is 1. The van der Waals surface area contributed by atoms with E-state index in [1.165, 1.54) is 12.1 Å². The zero-order valence-corrected chi connectivity index (χ0v) is 9.25. The molecular formula is C9H9ClF3NO3. The summed E-state index contributed by atoms with van der Waals surface area (Å²) in [5, 5.41) is 8.52. The van der Waals surface area contributed by atoms with Gasteiger partial charge in [0.1, 0.15) is 6.54 Å². The van der Waals surface area contributed by atoms with Crippen LogP contribution in [0.15, 0.2) is 16.5 Å². The standard InChI is InChI=1S/C9H9ClF3NO3/c10-7-2-1-6(17-7)8(16)14(3-4-15)5-9(11,12)13/h1-2,15H,3-5H2. The Hall–Kier alpha value is -1.21. The zero-order chi connectivity index (χ0) is 13.1. The van der Waals surface area contributed by atoms with Crippen molar-refractivity contribution in [1.29, 1.82) is 0 Å². The molecular weight excluding hydrogens is 263 g/mol. The van der Waals surface area contributed by atoms with Gasteiger partial charge in [-0.2, -0.15) is 13.2 Å². The van der Waals surface area contributed by atoms with E-state index in [0.29, 0.717) is 4.90 Å². The van der Waals surface area contributed by atoms with E-state index >= 15 is 0 Å². The molecule has 0 fully saturated rings. The van der Waals surface area contributed by atoms with Gasteiger partial charge >= 0.3 is 6.18 Å². The zero-order valence-electron chi connectivity index (χ0n) is 8.50. The summed E-state index contributed by atoms with van der Waals surface area (Å²) in [4.78, 5) is 12.0. The van der Waals surface area contributed by atoms with Crippen LogP contribution in [0.3, 0.4) is 0 Å². The summed E-state index contributed by atoms with van der Waals surface area (Å²) in [5.41, 5.74) is 0. The molecule has 1 aromatic rings. The minimum absolute atomic E-state index is 0.0932. The Bertz CT molecular complexity index is 391. The van der Waals surface area contributed by atoms with E-state index in [1.54, 1.807) is 0 Å². The molecule has 1 rings (SSSR count). The molecule has 0 unspecified atom stereocenters. The third-order valence-electron chi connectivity index (χ3n) is 1.81. The first kappa shape index (κ1) is 13.9. The van der Waals surface area contributed by atoms with Crippen molar-refractivity contribution in [2.24, 2.45) is 0 Å². The molecule has 1 N–H and O–H groups in total. The van der Waals surface area contributed by atoms with Gasteiger partial charge in [-0.25, -0.2) is 0 Å². The Morgan fingerprint density at radius 1 is 1.47 bits per heavy atom. The molecule has 0 spiro atoms. The number of rotatable bonds is 4. The van der Waals surface area contributed by atoms with Crippen molar-refractivity contribution in [3.05, 3.63) is 23.1 Å². The maximum atomic E-state index is 12.2. The Labute approximate surface area is 99.6 Å². The van der Waals surface area contributed by atoms with Crippen molar-refractivity contribution in [2.75, 3.05) is 19.7 Å². The number of hydrogen-bond acceptors (Lipinski definition) is 3. The first-order valence-corrected chi connectivity index (χ1v) is 4.93. The van der Waals surface area contributed by atoms with Crippen molar-refractivity contribution in [3.63, 3.8) is 0 Å². The Morgan fingerprint density at radius 3 is 2.53 bits per heavy atom. The topological polar surface area (TPSA) is 53.7 Å². The van der Waals surface area contributed by atoms with Gasteiger partial charge in [0.05, 0.1) is 6.61 Å². The van der Waals surface area contributed by atoms with Gasteiger partial charge in [-0.05, 0) is 23.7 Å². The highest BCUT2D eigenvalue weighted by Crippen LogP contribution is 2.20. The number of furan rings is 1. The SMILES string of the molecule is O=C(c1ccc(Cl)o1)N(CCO)CC(F)(F)F. The van der Waals surface area contributed by atoms with Gasteiger partial charge in [0.15, 0.2) is 11.0 Å². The number of halogens is 4. The highest BCUT2D eigenvalue weighted by molar-refractivity contribution is 6.29. The van der Waals surface area contributed by atoms with E-state index in [0.717, 1.165) is 0 Å². The van der Waals surface area contributed by atoms with E-state index in [1.807, 2.05) is 0 Å². The van der Waals surface area contributed by atoms with Crippen LogP contribution >= 0.6 is 11.6 Å². The van der Waals surface area contributed by atoms with Crippen LogP contribution in [0.4, 0.5) is 13.2 Å². The van der Waals surface area contributed by atoms with Crippen LogP contribution in [-0.2, 0) is 0 Å². The Morgan fingerprint density at radius 2 is 2.12 bits per heavy atom. The molecule has 0 aliphatic rings. The van der Waals surface area contributed by atoms with Gasteiger partial charge in [0.25, 0.3) is 5.91 Å². The van der Waals surface area contributed by atoms with Crippen LogP contribution in [0, 0.1) is 0 Å². The van der Waals surface area contributed by atoms with Gasteiger partial charge in [-0.3, -0.25) is 4.79 Å². The van der Waals surface area contributed by atoms with Crippen LogP contribution < -0.4 is 0 Å². The molecule has 0 radical (unpaired) electrons. The van der Waals surface area contributed by atoms with Crippen LogP contribution in [0.1, 0.15) is 10.6 Å². The molecule has 96 valence electrons. The fourth-order valence-electron chi connectivity index (χ4n) is 1.17. The second kappa shape index (κ2) is 5.42. The first-order chi connectivity index (χ1) is 7.83. The molecule has 0 saturated carbocycles. The summed E-state index contributed by atoms with van der Waals surface area (Å²) in [5.74, 6) is -1.27. The number of aliphatic hydroxyl groups is 1. The molecule has 0 bridgehead atoms. The predicted octanol–water partition coefficient (Wildman–Crippen LogP) is 1.93. The highest BCUT2D eigenvalue weighted by Gasteiger charge is 2.33. The molecule has 17 heavy (non-hydrogen) atoms. The summed E-state index contributed by atoms with van der Waals surface area (Å²) >= 11 is 5.41. The van der Waals surface area contributed by atoms with Crippen molar-refractivity contribution >= 4 is 17.5 Å². The van der Waals surface area contributed by atoms with E-state index in [9.17, 15) is 18.0 Å². The number of aliphatic hydroxyl groups excluding tert-OH is 1. The molecule has 1 aromatic heterocycles. The number of carbonyl (C=O) groups is 1. The number of nitrogens with zero attached hydrogens (tertiary/aromatic N) is 1. The van der Waals surface area contributed by atoms with Crippen LogP contribution in [0.25, 0.3) is 0 Å². The minimum Gasteiger partial charge on any atom is -0.440 e. The summed E-state index contributed by atoms with van der Waals surface area (Å²) in [7, 11) is 0. The van der Waals surface area contributed by atoms with Crippen molar-refractivity contribution in [3.8, 4) is 0 Å². The summed E-state index contributed by atoms with van der Waals surface area (Å²) in [6.07, 6.45) is -4.54. The lowest BCUT2D eigenvalue weighted by atomic mass is 10.3. The summed E-state index contributed by atoms with van der Waals surface area (Å²) < 4.78 is 41.2. The third kappa shape index (κ3) is 4.27. The van der Waals surface area contributed by atoms with Gasteiger partial charge in [0, 0.05) is 6.54 Å². The van der Waals surface area contributed by atoms with E-state index in [4.69, 9.17) is 21.1 Å². The average molecular weight is 272 g/mol. The van der Waals surface area contributed by atoms with E-state index in [2.05, 4.69) is 0 Å². The molecule has 0 aromatic carbocycles. The largest absolute Gasteiger partial charge is 0.440 e. The lowest BCUT2D eigenvalue weighted by Crippen LogP contribution is -2.40. The maximum Gasteiger partial charge on any atom is 0.406 e. The molecule has 0 saturated heterocycles. The fourth-order valence-corrected chi connectivity index (χ4v) is 1.32. The lowest BCUT2D eigenvalue weighted by Gasteiger charge is -2.21. The molecule has 8 heteroatoms. The van der Waals surface area contributed by atoms with Crippen LogP contribution in [0.2, 0.25) is 5.22 Å². The first-order valence-electron chi connectivity index (χ1n) is 4.55. The molecule has 0 aliphatic carbocycles.